The number of nitrogens with one attached hydrogen (secondary N) is 1. The van der Waals surface area contributed by atoms with E-state index in [1.807, 2.05) is 38.6 Å². The summed E-state index contributed by atoms with van der Waals surface area (Å²) in [5.41, 5.74) is 0.740. The molecule has 0 aromatic carbocycles. The second-order valence-electron chi connectivity index (χ2n) is 4.97. The lowest BCUT2D eigenvalue weighted by molar-refractivity contribution is -0.377. The van der Waals surface area contributed by atoms with E-state index in [1.54, 1.807) is 13.8 Å². The summed E-state index contributed by atoms with van der Waals surface area (Å²) in [6.45, 7) is 3.37. The number of aliphatic hydroxyl groups excluding tert-OH is 1. The summed E-state index contributed by atoms with van der Waals surface area (Å²) in [6, 6.07) is 4.06. The highest BCUT2D eigenvalue weighted by atomic mass is 31.1. The molecule has 2 N–H and O–H groups in total. The summed E-state index contributed by atoms with van der Waals surface area (Å²) in [4.78, 5) is 14.9. The smallest absolute Gasteiger partial charge is 0.488 e. The van der Waals surface area contributed by atoms with Crippen molar-refractivity contribution < 1.29 is 24.1 Å². The number of aromatic nitrogens is 1. The maximum atomic E-state index is 9.90. The maximum Gasteiger partial charge on any atom is 0.488 e. The third-order valence-corrected chi connectivity index (χ3v) is 2.55. The van der Waals surface area contributed by atoms with Crippen LogP contribution < -0.4 is 14.8 Å². The molecule has 0 bridgehead atoms. The first-order valence-electron chi connectivity index (χ1n) is 5.80. The van der Waals surface area contributed by atoms with Crippen molar-refractivity contribution in [3.8, 4) is 0 Å². The topological polar surface area (TPSA) is 87.0 Å². The minimum Gasteiger partial charge on any atom is -0.566 e. The zero-order valence-corrected chi connectivity index (χ0v) is 12.7. The van der Waals surface area contributed by atoms with Crippen LogP contribution in [0.5, 0.6) is 0 Å². The summed E-state index contributed by atoms with van der Waals surface area (Å²) < 4.78 is 14.2. The van der Waals surface area contributed by atoms with Gasteiger partial charge in [0.25, 0.3) is 0 Å². The number of anilines is 1. The standard InChI is InChI=1S/C7H10N2.C5H11O4P/c1-9(2)7-3-5-8-6-4-7;1-5(2,3-6)4-9-10(7)8/h3-6H,1-2H3;6H,3-4H2,1-2H3/p+1. The maximum absolute atomic E-state index is 9.90. The fourth-order valence-electron chi connectivity index (χ4n) is 0.949. The van der Waals surface area contributed by atoms with Crippen LogP contribution in [0.2, 0.25) is 0 Å². The molecule has 108 valence electrons. The van der Waals surface area contributed by atoms with E-state index < -0.39 is 13.7 Å². The number of pyridine rings is 1. The molecule has 1 atom stereocenters. The van der Waals surface area contributed by atoms with Crippen molar-refractivity contribution in [2.75, 3.05) is 32.2 Å². The second-order valence-corrected chi connectivity index (χ2v) is 5.68. The molecule has 1 aromatic heterocycles. The first-order valence-corrected chi connectivity index (χ1v) is 6.89. The Balaban J connectivity index is 0.000000342. The fourth-order valence-corrected chi connectivity index (χ4v) is 1.40. The van der Waals surface area contributed by atoms with Crippen molar-refractivity contribution in [1.29, 1.82) is 0 Å². The van der Waals surface area contributed by atoms with Gasteiger partial charge in [-0.15, -0.1) is 4.52 Å². The Morgan fingerprint density at radius 3 is 2.26 bits per heavy atom. The van der Waals surface area contributed by atoms with Gasteiger partial charge in [0.2, 0.25) is 0 Å². The number of aliphatic hydroxyl groups is 1. The lowest BCUT2D eigenvalue weighted by Gasteiger charge is -2.16. The third kappa shape index (κ3) is 9.50. The van der Waals surface area contributed by atoms with E-state index in [-0.39, 0.29) is 13.2 Å². The Labute approximate surface area is 115 Å². The molecule has 1 aromatic rings. The number of nitrogens with zero attached hydrogens (tertiary/aromatic N) is 1. The molecule has 0 fully saturated rings. The zero-order valence-electron chi connectivity index (χ0n) is 11.8. The minimum atomic E-state index is -2.78. The van der Waals surface area contributed by atoms with Gasteiger partial charge in [0.1, 0.15) is 6.61 Å². The van der Waals surface area contributed by atoms with Crippen molar-refractivity contribution in [2.45, 2.75) is 13.8 Å². The molecular weight excluding hydrogens is 267 g/mol. The first kappa shape index (κ1) is 17.9. The van der Waals surface area contributed by atoms with Gasteiger partial charge >= 0.3 is 8.25 Å². The van der Waals surface area contributed by atoms with Crippen LogP contribution in [0.25, 0.3) is 0 Å². The van der Waals surface area contributed by atoms with Gasteiger partial charge < -0.3 is 14.9 Å². The van der Waals surface area contributed by atoms with Crippen LogP contribution in [-0.2, 0) is 9.09 Å². The Hall–Kier alpha value is -1.07. The number of H-pyrrole nitrogens is 1. The molecule has 0 aliphatic rings. The quantitative estimate of drug-likeness (QED) is 0.802. The molecule has 1 rings (SSSR count). The number of hydrogen-bond donors (Lipinski definition) is 1. The third-order valence-electron chi connectivity index (χ3n) is 2.21. The molecule has 1 unspecified atom stereocenters. The van der Waals surface area contributed by atoms with E-state index in [1.165, 1.54) is 5.69 Å². The summed E-state index contributed by atoms with van der Waals surface area (Å²) in [5.74, 6) is 0. The molecule has 0 aliphatic heterocycles. The van der Waals surface area contributed by atoms with Crippen molar-refractivity contribution in [2.24, 2.45) is 5.41 Å². The number of hydrogen-bond acceptors (Lipinski definition) is 5. The van der Waals surface area contributed by atoms with Crippen LogP contribution >= 0.6 is 8.25 Å². The monoisotopic (exact) mass is 289 g/mol. The molecule has 1 heterocycles. The second kappa shape index (κ2) is 8.93. The molecule has 0 spiro atoms. The first-order chi connectivity index (χ1) is 8.78. The van der Waals surface area contributed by atoms with Gasteiger partial charge in [0.15, 0.2) is 12.4 Å². The predicted octanol–water partition coefficient (Wildman–Crippen LogP) is 0.606. The molecular formula is C12H22N2O4P+. The lowest BCUT2D eigenvalue weighted by atomic mass is 9.97. The van der Waals surface area contributed by atoms with E-state index in [0.717, 1.165) is 0 Å². The van der Waals surface area contributed by atoms with Crippen molar-refractivity contribution >= 4 is 13.9 Å². The van der Waals surface area contributed by atoms with E-state index in [9.17, 15) is 9.46 Å². The summed E-state index contributed by atoms with van der Waals surface area (Å²) in [6.07, 6.45) is 3.82. The average molecular weight is 289 g/mol. The molecule has 0 saturated carbocycles. The highest BCUT2D eigenvalue weighted by Gasteiger charge is 2.20. The van der Waals surface area contributed by atoms with Crippen LogP contribution in [0.15, 0.2) is 24.5 Å². The summed E-state index contributed by atoms with van der Waals surface area (Å²) in [5, 5.41) is 8.63. The normalized spacial score (nSPS) is 11.4. The van der Waals surface area contributed by atoms with E-state index >= 15 is 0 Å². The minimum absolute atomic E-state index is 0.0300. The van der Waals surface area contributed by atoms with Crippen molar-refractivity contribution in [1.82, 2.24) is 0 Å². The molecule has 0 amide bonds. The lowest BCUT2D eigenvalue weighted by Crippen LogP contribution is -2.22. The Morgan fingerprint density at radius 1 is 1.42 bits per heavy atom. The number of aromatic amines is 1. The van der Waals surface area contributed by atoms with Gasteiger partial charge in [-0.2, -0.15) is 0 Å². The molecule has 0 radical (unpaired) electrons. The summed E-state index contributed by atoms with van der Waals surface area (Å²) >= 11 is 0. The van der Waals surface area contributed by atoms with E-state index in [0.29, 0.717) is 0 Å². The van der Waals surface area contributed by atoms with Crippen molar-refractivity contribution in [3.05, 3.63) is 24.5 Å². The highest BCUT2D eigenvalue weighted by Crippen LogP contribution is 2.19. The van der Waals surface area contributed by atoms with Crippen molar-refractivity contribution in [3.63, 3.8) is 0 Å². The van der Waals surface area contributed by atoms with E-state index in [2.05, 4.69) is 14.4 Å². The van der Waals surface area contributed by atoms with Crippen LogP contribution in [0, 0.1) is 5.41 Å². The predicted molar refractivity (Wildman–Crippen MR) is 71.8 cm³/mol. The highest BCUT2D eigenvalue weighted by molar-refractivity contribution is 7.30. The molecule has 0 aliphatic carbocycles. The molecule has 19 heavy (non-hydrogen) atoms. The Bertz CT molecular complexity index is 371. The van der Waals surface area contributed by atoms with Gasteiger partial charge in [0, 0.05) is 37.3 Å². The summed E-state index contributed by atoms with van der Waals surface area (Å²) in [7, 11) is 1.26. The van der Waals surface area contributed by atoms with Crippen LogP contribution in [0.1, 0.15) is 13.8 Å². The fraction of sp³-hybridized carbons (Fsp3) is 0.583. The SMILES string of the molecule is CC(C)(CO)CO[P+](=O)[O-].CN(C)c1cc[nH+]cc1. The molecule has 7 heteroatoms. The average Bonchev–Trinajstić information content (AvgIpc) is 2.38. The molecule has 0 saturated heterocycles. The number of rotatable bonds is 5. The van der Waals surface area contributed by atoms with Crippen LogP contribution in [0.3, 0.4) is 0 Å². The Morgan fingerprint density at radius 2 is 1.95 bits per heavy atom. The Kier molecular flexibility index (Phi) is 8.43. The van der Waals surface area contributed by atoms with Gasteiger partial charge in [-0.1, -0.05) is 13.8 Å². The van der Waals surface area contributed by atoms with Crippen LogP contribution in [0.4, 0.5) is 5.69 Å². The van der Waals surface area contributed by atoms with Gasteiger partial charge in [0.05, 0.1) is 6.61 Å². The van der Waals surface area contributed by atoms with Gasteiger partial charge in [-0.3, -0.25) is 0 Å². The van der Waals surface area contributed by atoms with Crippen LogP contribution in [-0.4, -0.2) is 32.4 Å². The van der Waals surface area contributed by atoms with E-state index in [4.69, 9.17) is 5.11 Å². The van der Waals surface area contributed by atoms with Gasteiger partial charge in [-0.25, -0.2) is 4.98 Å². The zero-order chi connectivity index (χ0) is 14.9. The largest absolute Gasteiger partial charge is 0.566 e. The molecule has 6 nitrogen and oxygen atoms in total. The van der Waals surface area contributed by atoms with Gasteiger partial charge in [-0.05, 0) is 4.57 Å².